The van der Waals surface area contributed by atoms with Crippen molar-refractivity contribution in [3.63, 3.8) is 0 Å². The topological polar surface area (TPSA) is 122 Å². The quantitative estimate of drug-likeness (QED) is 0.520. The molecule has 3 aliphatic rings. The van der Waals surface area contributed by atoms with Gasteiger partial charge in [-0.25, -0.2) is 0 Å². The summed E-state index contributed by atoms with van der Waals surface area (Å²) in [6, 6.07) is 0. The first kappa shape index (κ1) is 11.8. The molecule has 7 nitrogen and oxygen atoms in total. The SMILES string of the molecule is CCCC1(N)OC2OC2C(N)(CN)OC2OC21. The van der Waals surface area contributed by atoms with Crippen LogP contribution in [0.1, 0.15) is 19.8 Å². The summed E-state index contributed by atoms with van der Waals surface area (Å²) >= 11 is 0. The highest BCUT2D eigenvalue weighted by Crippen LogP contribution is 2.46. The second kappa shape index (κ2) is 3.61. The van der Waals surface area contributed by atoms with Gasteiger partial charge in [-0.3, -0.25) is 5.73 Å². The number of hydrogen-bond acceptors (Lipinski definition) is 7. The number of epoxide rings is 2. The standard InChI is InChI=1S/C10H19N3O4/c1-2-3-9(12)5-7(14-5)17-10(13,4-11)6-8(15-6)16-9/h5-8H,2-4,11-13H2,1H3. The fraction of sp³-hybridized carbons (Fsp3) is 1.00. The molecule has 0 spiro atoms. The average molecular weight is 245 g/mol. The van der Waals surface area contributed by atoms with Crippen LogP contribution in [0.3, 0.4) is 0 Å². The number of nitrogens with two attached hydrogens (primary N) is 3. The Morgan fingerprint density at radius 1 is 1.00 bits per heavy atom. The summed E-state index contributed by atoms with van der Waals surface area (Å²) in [5.74, 6) is 0. The predicted molar refractivity (Wildman–Crippen MR) is 57.3 cm³/mol. The van der Waals surface area contributed by atoms with Crippen LogP contribution in [0, 0.1) is 0 Å². The van der Waals surface area contributed by atoms with Gasteiger partial charge in [-0.1, -0.05) is 13.3 Å². The van der Waals surface area contributed by atoms with Crippen LogP contribution in [-0.4, -0.2) is 42.8 Å². The zero-order valence-corrected chi connectivity index (χ0v) is 9.80. The summed E-state index contributed by atoms with van der Waals surface area (Å²) in [5.41, 5.74) is 15.9. The fourth-order valence-electron chi connectivity index (χ4n) is 2.39. The van der Waals surface area contributed by atoms with Crippen molar-refractivity contribution in [2.75, 3.05) is 6.54 Å². The van der Waals surface area contributed by atoms with Gasteiger partial charge in [0.15, 0.2) is 36.2 Å². The Morgan fingerprint density at radius 3 is 2.06 bits per heavy atom. The minimum absolute atomic E-state index is 0.148. The van der Waals surface area contributed by atoms with E-state index in [2.05, 4.69) is 0 Å². The van der Waals surface area contributed by atoms with E-state index in [1.54, 1.807) is 0 Å². The zero-order valence-electron chi connectivity index (χ0n) is 9.80. The van der Waals surface area contributed by atoms with Crippen LogP contribution in [0.2, 0.25) is 0 Å². The van der Waals surface area contributed by atoms with E-state index in [-0.39, 0.29) is 18.8 Å². The van der Waals surface area contributed by atoms with Crippen LogP contribution in [-0.2, 0) is 18.9 Å². The Bertz CT molecular complexity index is 331. The highest BCUT2D eigenvalue weighted by atomic mass is 16.8. The average Bonchev–Trinajstić information content (AvgIpc) is 3.13. The summed E-state index contributed by atoms with van der Waals surface area (Å²) < 4.78 is 22.2. The second-order valence-electron chi connectivity index (χ2n) is 4.95. The predicted octanol–water partition coefficient (Wildman–Crippen LogP) is -1.45. The number of fused-ring (bicyclic) bond motifs is 2. The van der Waals surface area contributed by atoms with Gasteiger partial charge in [0.2, 0.25) is 0 Å². The first-order valence-electron chi connectivity index (χ1n) is 5.97. The third kappa shape index (κ3) is 1.78. The molecule has 3 aliphatic heterocycles. The third-order valence-electron chi connectivity index (χ3n) is 3.50. The van der Waals surface area contributed by atoms with E-state index in [9.17, 15) is 0 Å². The van der Waals surface area contributed by atoms with Crippen molar-refractivity contribution in [3.8, 4) is 0 Å². The fourth-order valence-corrected chi connectivity index (χ4v) is 2.39. The summed E-state index contributed by atoms with van der Waals surface area (Å²) in [4.78, 5) is 0. The molecule has 6 atom stereocenters. The molecule has 0 aliphatic carbocycles. The van der Waals surface area contributed by atoms with Gasteiger partial charge in [0.25, 0.3) is 0 Å². The van der Waals surface area contributed by atoms with Gasteiger partial charge in [-0.05, 0) is 6.42 Å². The molecule has 0 aromatic heterocycles. The minimum atomic E-state index is -1.04. The molecule has 0 bridgehead atoms. The van der Waals surface area contributed by atoms with Crippen molar-refractivity contribution in [2.45, 2.75) is 56.0 Å². The van der Waals surface area contributed by atoms with Crippen molar-refractivity contribution in [2.24, 2.45) is 17.2 Å². The van der Waals surface area contributed by atoms with Gasteiger partial charge in [0.1, 0.15) is 0 Å². The summed E-state index contributed by atoms with van der Waals surface area (Å²) in [5, 5.41) is 0. The van der Waals surface area contributed by atoms with Gasteiger partial charge in [-0.2, -0.15) is 0 Å². The minimum Gasteiger partial charge on any atom is -0.337 e. The van der Waals surface area contributed by atoms with Gasteiger partial charge in [0, 0.05) is 6.54 Å². The van der Waals surface area contributed by atoms with Crippen LogP contribution in [0.4, 0.5) is 0 Å². The molecule has 3 fully saturated rings. The summed E-state index contributed by atoms with van der Waals surface area (Å²) in [6.45, 7) is 2.18. The van der Waals surface area contributed by atoms with Crippen molar-refractivity contribution >= 4 is 0 Å². The van der Waals surface area contributed by atoms with Crippen molar-refractivity contribution in [3.05, 3.63) is 0 Å². The van der Waals surface area contributed by atoms with E-state index >= 15 is 0 Å². The highest BCUT2D eigenvalue weighted by molar-refractivity contribution is 5.05. The lowest BCUT2D eigenvalue weighted by molar-refractivity contribution is -0.127. The number of hydrogen-bond donors (Lipinski definition) is 3. The number of ether oxygens (including phenoxy) is 4. The Labute approximate surface area is 99.5 Å². The van der Waals surface area contributed by atoms with Gasteiger partial charge >= 0.3 is 0 Å². The molecule has 6 unspecified atom stereocenters. The van der Waals surface area contributed by atoms with E-state index in [1.807, 2.05) is 6.92 Å². The molecular formula is C10H19N3O4. The van der Waals surface area contributed by atoms with E-state index in [1.165, 1.54) is 0 Å². The van der Waals surface area contributed by atoms with E-state index in [4.69, 9.17) is 36.1 Å². The lowest BCUT2D eigenvalue weighted by Gasteiger charge is -2.32. The van der Waals surface area contributed by atoms with Crippen LogP contribution in [0.25, 0.3) is 0 Å². The molecule has 0 aromatic rings. The van der Waals surface area contributed by atoms with Crippen LogP contribution in [0.15, 0.2) is 0 Å². The van der Waals surface area contributed by atoms with E-state index < -0.39 is 24.0 Å². The first-order valence-corrected chi connectivity index (χ1v) is 5.97. The van der Waals surface area contributed by atoms with Crippen LogP contribution >= 0.6 is 0 Å². The molecule has 3 heterocycles. The Hall–Kier alpha value is -0.280. The molecule has 0 radical (unpaired) electrons. The largest absolute Gasteiger partial charge is 0.337 e. The summed E-state index contributed by atoms with van der Waals surface area (Å²) in [6.07, 6.45) is 0.0464. The molecule has 3 rings (SSSR count). The van der Waals surface area contributed by atoms with Gasteiger partial charge in [0.05, 0.1) is 0 Å². The lowest BCUT2D eigenvalue weighted by Crippen LogP contribution is -2.59. The van der Waals surface area contributed by atoms with E-state index in [0.717, 1.165) is 6.42 Å². The zero-order chi connectivity index (χ0) is 12.3. The normalized spacial score (nSPS) is 56.5. The molecule has 6 N–H and O–H groups in total. The molecular weight excluding hydrogens is 226 g/mol. The second-order valence-corrected chi connectivity index (χ2v) is 4.95. The van der Waals surface area contributed by atoms with Crippen molar-refractivity contribution in [1.82, 2.24) is 0 Å². The molecule has 17 heavy (non-hydrogen) atoms. The van der Waals surface area contributed by atoms with Gasteiger partial charge < -0.3 is 30.4 Å². The van der Waals surface area contributed by atoms with Crippen LogP contribution in [0.5, 0.6) is 0 Å². The van der Waals surface area contributed by atoms with Gasteiger partial charge in [-0.15, -0.1) is 0 Å². The molecule has 3 saturated heterocycles. The van der Waals surface area contributed by atoms with Crippen molar-refractivity contribution in [1.29, 1.82) is 0 Å². The maximum atomic E-state index is 6.19. The highest BCUT2D eigenvalue weighted by Gasteiger charge is 2.67. The Balaban J connectivity index is 1.78. The lowest BCUT2D eigenvalue weighted by atomic mass is 10.0. The van der Waals surface area contributed by atoms with Crippen molar-refractivity contribution < 1.29 is 18.9 Å². The smallest absolute Gasteiger partial charge is 0.191 e. The summed E-state index contributed by atoms with van der Waals surface area (Å²) in [7, 11) is 0. The Morgan fingerprint density at radius 2 is 1.53 bits per heavy atom. The first-order chi connectivity index (χ1) is 8.02. The molecule has 0 saturated carbocycles. The number of rotatable bonds is 3. The molecule has 0 amide bonds. The van der Waals surface area contributed by atoms with E-state index in [0.29, 0.717) is 6.42 Å². The molecule has 98 valence electrons. The third-order valence-corrected chi connectivity index (χ3v) is 3.50. The monoisotopic (exact) mass is 245 g/mol. The van der Waals surface area contributed by atoms with Crippen LogP contribution < -0.4 is 17.2 Å². The molecule has 7 heteroatoms. The Kier molecular flexibility index (Phi) is 2.50. The maximum Gasteiger partial charge on any atom is 0.191 e. The maximum absolute atomic E-state index is 6.19. The molecule has 0 aromatic carbocycles.